The van der Waals surface area contributed by atoms with E-state index >= 15 is 0 Å². The van der Waals surface area contributed by atoms with Crippen molar-refractivity contribution in [2.24, 2.45) is 0 Å². The van der Waals surface area contributed by atoms with E-state index in [1.54, 1.807) is 4.57 Å². The van der Waals surface area contributed by atoms with Crippen LogP contribution in [0, 0.1) is 19.3 Å². The highest BCUT2D eigenvalue weighted by Gasteiger charge is 2.32. The van der Waals surface area contributed by atoms with Gasteiger partial charge in [-0.15, -0.1) is 0 Å². The van der Waals surface area contributed by atoms with Crippen molar-refractivity contribution in [1.29, 1.82) is 5.41 Å². The molecule has 1 heterocycles. The standard InChI is InChI=1S/C26H26F3N3O/c1-17-3-7-19(8-4-17)13-22(16-33)32-24-14-21(26(27,28)29)11-12-23(24)31(25(32)30)15-20-9-5-18(2)6-10-20/h3-12,14,22,30,33H,13,15-16H2,1-2H3. The summed E-state index contributed by atoms with van der Waals surface area (Å²) in [6, 6.07) is 18.6. The van der Waals surface area contributed by atoms with Crippen molar-refractivity contribution in [3.05, 3.63) is 100 Å². The number of fused-ring (bicyclic) bond motifs is 1. The van der Waals surface area contributed by atoms with Gasteiger partial charge in [0.1, 0.15) is 0 Å². The summed E-state index contributed by atoms with van der Waals surface area (Å²) >= 11 is 0. The highest BCUT2D eigenvalue weighted by molar-refractivity contribution is 5.77. The second-order valence-corrected chi connectivity index (χ2v) is 8.49. The summed E-state index contributed by atoms with van der Waals surface area (Å²) in [4.78, 5) is 0. The highest BCUT2D eigenvalue weighted by Crippen LogP contribution is 2.32. The molecule has 0 aliphatic heterocycles. The third-order valence-corrected chi connectivity index (χ3v) is 5.97. The molecule has 172 valence electrons. The lowest BCUT2D eigenvalue weighted by atomic mass is 10.0. The monoisotopic (exact) mass is 453 g/mol. The third-order valence-electron chi connectivity index (χ3n) is 5.97. The fourth-order valence-electron chi connectivity index (χ4n) is 4.12. The Morgan fingerprint density at radius 3 is 1.97 bits per heavy atom. The number of rotatable bonds is 6. The van der Waals surface area contributed by atoms with Gasteiger partial charge in [0.2, 0.25) is 5.62 Å². The van der Waals surface area contributed by atoms with Gasteiger partial charge in [0.05, 0.1) is 35.8 Å². The summed E-state index contributed by atoms with van der Waals surface area (Å²) in [7, 11) is 0. The zero-order valence-electron chi connectivity index (χ0n) is 18.5. The molecule has 1 atom stereocenters. The fraction of sp³-hybridized carbons (Fsp3) is 0.269. The summed E-state index contributed by atoms with van der Waals surface area (Å²) in [5.74, 6) is 0. The summed E-state index contributed by atoms with van der Waals surface area (Å²) in [6.45, 7) is 4.00. The zero-order valence-corrected chi connectivity index (χ0v) is 18.5. The van der Waals surface area contributed by atoms with E-state index in [-0.39, 0.29) is 17.7 Å². The Hall–Kier alpha value is -3.32. The van der Waals surface area contributed by atoms with Gasteiger partial charge >= 0.3 is 6.18 Å². The van der Waals surface area contributed by atoms with E-state index < -0.39 is 17.8 Å². The molecule has 1 unspecified atom stereocenters. The van der Waals surface area contributed by atoms with Crippen LogP contribution < -0.4 is 5.62 Å². The third kappa shape index (κ3) is 4.73. The Balaban J connectivity index is 1.86. The van der Waals surface area contributed by atoms with Gasteiger partial charge < -0.3 is 14.2 Å². The normalized spacial score (nSPS) is 12.9. The van der Waals surface area contributed by atoms with Crippen molar-refractivity contribution >= 4 is 11.0 Å². The molecule has 0 saturated heterocycles. The van der Waals surface area contributed by atoms with Crippen molar-refractivity contribution < 1.29 is 18.3 Å². The molecule has 2 N–H and O–H groups in total. The second kappa shape index (κ2) is 8.90. The molecule has 0 fully saturated rings. The average molecular weight is 454 g/mol. The Labute approximate surface area is 190 Å². The highest BCUT2D eigenvalue weighted by atomic mass is 19.4. The number of aryl methyl sites for hydroxylation is 2. The van der Waals surface area contributed by atoms with Crippen LogP contribution in [0.3, 0.4) is 0 Å². The maximum Gasteiger partial charge on any atom is 0.416 e. The predicted octanol–water partition coefficient (Wildman–Crippen LogP) is 5.38. The number of alkyl halides is 3. The first-order valence-electron chi connectivity index (χ1n) is 10.8. The molecule has 0 spiro atoms. The van der Waals surface area contributed by atoms with Gasteiger partial charge in [-0.25, -0.2) is 0 Å². The summed E-state index contributed by atoms with van der Waals surface area (Å²) in [6.07, 6.45) is -4.11. The van der Waals surface area contributed by atoms with Crippen molar-refractivity contribution in [1.82, 2.24) is 9.13 Å². The molecule has 0 amide bonds. The molecule has 1 aromatic heterocycles. The number of nitrogens with zero attached hydrogens (tertiary/aromatic N) is 2. The van der Waals surface area contributed by atoms with Crippen LogP contribution >= 0.6 is 0 Å². The molecule has 3 aromatic carbocycles. The molecule has 33 heavy (non-hydrogen) atoms. The Bertz CT molecular complexity index is 1320. The van der Waals surface area contributed by atoms with Gasteiger partial charge in [0.15, 0.2) is 0 Å². The molecule has 0 aliphatic rings. The summed E-state index contributed by atoms with van der Waals surface area (Å²) in [5, 5.41) is 19.1. The van der Waals surface area contributed by atoms with Crippen molar-refractivity contribution in [3.63, 3.8) is 0 Å². The fourth-order valence-corrected chi connectivity index (χ4v) is 4.12. The summed E-state index contributed by atoms with van der Waals surface area (Å²) < 4.78 is 43.7. The lowest BCUT2D eigenvalue weighted by Crippen LogP contribution is -2.30. The molecular weight excluding hydrogens is 427 g/mol. The van der Waals surface area contributed by atoms with Crippen LogP contribution in [0.2, 0.25) is 0 Å². The maximum atomic E-state index is 13.5. The minimum atomic E-state index is -4.50. The number of hydrogen-bond acceptors (Lipinski definition) is 2. The van der Waals surface area contributed by atoms with Gasteiger partial charge in [-0.1, -0.05) is 59.7 Å². The predicted molar refractivity (Wildman–Crippen MR) is 122 cm³/mol. The first-order chi connectivity index (χ1) is 15.7. The molecule has 0 bridgehead atoms. The first-order valence-corrected chi connectivity index (χ1v) is 10.8. The van der Waals surface area contributed by atoms with Crippen LogP contribution in [0.5, 0.6) is 0 Å². The van der Waals surface area contributed by atoms with Crippen LogP contribution in [-0.4, -0.2) is 20.8 Å². The van der Waals surface area contributed by atoms with Crippen LogP contribution in [0.25, 0.3) is 11.0 Å². The van der Waals surface area contributed by atoms with Crippen LogP contribution in [-0.2, 0) is 19.1 Å². The van der Waals surface area contributed by atoms with Crippen LogP contribution in [0.4, 0.5) is 13.2 Å². The topological polar surface area (TPSA) is 53.9 Å². The molecule has 4 rings (SSSR count). The molecule has 0 saturated carbocycles. The average Bonchev–Trinajstić information content (AvgIpc) is 3.05. The minimum Gasteiger partial charge on any atom is -0.394 e. The van der Waals surface area contributed by atoms with Crippen LogP contribution in [0.1, 0.15) is 33.9 Å². The molecule has 4 nitrogen and oxygen atoms in total. The van der Waals surface area contributed by atoms with Gasteiger partial charge in [0, 0.05) is 0 Å². The van der Waals surface area contributed by atoms with E-state index in [1.807, 2.05) is 62.4 Å². The van der Waals surface area contributed by atoms with Gasteiger partial charge in [-0.2, -0.15) is 13.2 Å². The van der Waals surface area contributed by atoms with Gasteiger partial charge in [-0.3, -0.25) is 5.41 Å². The van der Waals surface area contributed by atoms with Gasteiger partial charge in [0.25, 0.3) is 0 Å². The van der Waals surface area contributed by atoms with Crippen molar-refractivity contribution in [2.75, 3.05) is 6.61 Å². The SMILES string of the molecule is Cc1ccc(CC(CO)n2c(=N)n(Cc3ccc(C)cc3)c3ccc(C(F)(F)F)cc32)cc1. The van der Waals surface area contributed by atoms with Crippen molar-refractivity contribution in [3.8, 4) is 0 Å². The molecule has 0 radical (unpaired) electrons. The zero-order chi connectivity index (χ0) is 23.8. The Morgan fingerprint density at radius 1 is 0.848 bits per heavy atom. The van der Waals surface area contributed by atoms with Crippen molar-refractivity contribution in [2.45, 2.75) is 39.0 Å². The summed E-state index contributed by atoms with van der Waals surface area (Å²) in [5.41, 5.74) is 4.17. The number of halogens is 3. The lowest BCUT2D eigenvalue weighted by Gasteiger charge is -2.18. The number of benzene rings is 3. The number of aliphatic hydroxyl groups is 1. The van der Waals surface area contributed by atoms with E-state index in [9.17, 15) is 18.3 Å². The number of aliphatic hydroxyl groups excluding tert-OH is 1. The largest absolute Gasteiger partial charge is 0.416 e. The van der Waals surface area contributed by atoms with E-state index in [4.69, 9.17) is 5.41 Å². The minimum absolute atomic E-state index is 0.0519. The molecule has 7 heteroatoms. The van der Waals surface area contributed by atoms with E-state index in [2.05, 4.69) is 0 Å². The maximum absolute atomic E-state index is 13.5. The Kier molecular flexibility index (Phi) is 6.17. The smallest absolute Gasteiger partial charge is 0.394 e. The van der Waals surface area contributed by atoms with E-state index in [1.165, 1.54) is 10.6 Å². The second-order valence-electron chi connectivity index (χ2n) is 8.49. The first kappa shape index (κ1) is 22.9. The number of aromatic nitrogens is 2. The molecule has 0 aliphatic carbocycles. The quantitative estimate of drug-likeness (QED) is 0.405. The van der Waals surface area contributed by atoms with Crippen LogP contribution in [0.15, 0.2) is 66.7 Å². The number of nitrogens with one attached hydrogen (secondary N) is 1. The number of hydrogen-bond donors (Lipinski definition) is 2. The molecule has 4 aromatic rings. The number of imidazole rings is 1. The Morgan fingerprint density at radius 2 is 1.42 bits per heavy atom. The van der Waals surface area contributed by atoms with E-state index in [0.717, 1.165) is 34.4 Å². The van der Waals surface area contributed by atoms with Gasteiger partial charge in [-0.05, 0) is 49.6 Å². The van der Waals surface area contributed by atoms with E-state index in [0.29, 0.717) is 18.5 Å². The lowest BCUT2D eigenvalue weighted by molar-refractivity contribution is -0.137. The molecular formula is C26H26F3N3O.